The van der Waals surface area contributed by atoms with E-state index in [1.165, 1.54) is 5.56 Å². The molecule has 0 aliphatic heterocycles. The Balaban J connectivity index is 1.79. The number of imidazole rings is 1. The summed E-state index contributed by atoms with van der Waals surface area (Å²) in [5, 5.41) is 0. The summed E-state index contributed by atoms with van der Waals surface area (Å²) < 4.78 is 7.80. The van der Waals surface area contributed by atoms with E-state index in [9.17, 15) is 0 Å². The number of nitrogens with zero attached hydrogens (tertiary/aromatic N) is 2. The molecule has 0 saturated carbocycles. The Labute approximate surface area is 143 Å². The number of ether oxygens (including phenoxy) is 1. The van der Waals surface area contributed by atoms with E-state index in [4.69, 9.17) is 15.5 Å². The molecule has 0 bridgehead atoms. The van der Waals surface area contributed by atoms with E-state index in [0.717, 1.165) is 42.1 Å². The van der Waals surface area contributed by atoms with Gasteiger partial charge in [0.1, 0.15) is 11.6 Å². The fourth-order valence-electron chi connectivity index (χ4n) is 3.04. The molecule has 2 N–H and O–H groups in total. The van der Waals surface area contributed by atoms with Gasteiger partial charge in [0.2, 0.25) is 0 Å². The Kier molecular flexibility index (Phi) is 5.16. The maximum absolute atomic E-state index is 6.06. The first kappa shape index (κ1) is 16.5. The Morgan fingerprint density at radius 3 is 2.54 bits per heavy atom. The van der Waals surface area contributed by atoms with Crippen molar-refractivity contribution >= 4 is 11.0 Å². The number of rotatable bonds is 7. The highest BCUT2D eigenvalue weighted by Gasteiger charge is 2.18. The standard InChI is InChI=1S/C20H25N3O/c1-3-12-24-17-10-8-15(9-11-17)13-16(14-21)20-22-18-6-4-5-7-19(18)23(20)2/h4-11,16H,3,12-14,21H2,1-2H3. The van der Waals surface area contributed by atoms with Crippen molar-refractivity contribution in [2.24, 2.45) is 12.8 Å². The second-order valence-electron chi connectivity index (χ2n) is 6.15. The first-order valence-electron chi connectivity index (χ1n) is 8.56. The van der Waals surface area contributed by atoms with Gasteiger partial charge in [0.25, 0.3) is 0 Å². The van der Waals surface area contributed by atoms with Gasteiger partial charge in [0.15, 0.2) is 0 Å². The molecule has 0 aliphatic rings. The third kappa shape index (κ3) is 3.44. The quantitative estimate of drug-likeness (QED) is 0.722. The monoisotopic (exact) mass is 323 g/mol. The molecule has 0 amide bonds. The zero-order valence-electron chi connectivity index (χ0n) is 14.4. The molecule has 3 rings (SSSR count). The van der Waals surface area contributed by atoms with Gasteiger partial charge < -0.3 is 15.0 Å². The molecular weight excluding hydrogens is 298 g/mol. The van der Waals surface area contributed by atoms with Gasteiger partial charge in [0, 0.05) is 19.5 Å². The fourth-order valence-corrected chi connectivity index (χ4v) is 3.04. The minimum Gasteiger partial charge on any atom is -0.494 e. The summed E-state index contributed by atoms with van der Waals surface area (Å²) >= 11 is 0. The van der Waals surface area contributed by atoms with Gasteiger partial charge in [-0.1, -0.05) is 31.2 Å². The van der Waals surface area contributed by atoms with Crippen molar-refractivity contribution in [2.45, 2.75) is 25.7 Å². The minimum atomic E-state index is 0.199. The Bertz CT molecular complexity index is 792. The van der Waals surface area contributed by atoms with Gasteiger partial charge in [-0.15, -0.1) is 0 Å². The number of para-hydroxylation sites is 2. The van der Waals surface area contributed by atoms with Crippen LogP contribution in [0.25, 0.3) is 11.0 Å². The lowest BCUT2D eigenvalue weighted by Crippen LogP contribution is -2.18. The topological polar surface area (TPSA) is 53.1 Å². The van der Waals surface area contributed by atoms with E-state index in [-0.39, 0.29) is 5.92 Å². The molecule has 4 nitrogen and oxygen atoms in total. The van der Waals surface area contributed by atoms with Gasteiger partial charge in [0.05, 0.1) is 17.6 Å². The smallest absolute Gasteiger partial charge is 0.119 e. The second-order valence-corrected chi connectivity index (χ2v) is 6.15. The highest BCUT2D eigenvalue weighted by molar-refractivity contribution is 5.75. The van der Waals surface area contributed by atoms with E-state index < -0.39 is 0 Å². The van der Waals surface area contributed by atoms with Crippen LogP contribution in [0.4, 0.5) is 0 Å². The van der Waals surface area contributed by atoms with Crippen LogP contribution in [0.5, 0.6) is 5.75 Å². The molecule has 2 aromatic carbocycles. The van der Waals surface area contributed by atoms with E-state index in [0.29, 0.717) is 6.54 Å². The van der Waals surface area contributed by atoms with E-state index in [1.807, 2.05) is 30.3 Å². The van der Waals surface area contributed by atoms with Crippen LogP contribution in [0, 0.1) is 0 Å². The molecule has 24 heavy (non-hydrogen) atoms. The van der Waals surface area contributed by atoms with Crippen LogP contribution in [-0.4, -0.2) is 22.7 Å². The van der Waals surface area contributed by atoms with Crippen molar-refractivity contribution in [1.29, 1.82) is 0 Å². The summed E-state index contributed by atoms with van der Waals surface area (Å²) in [5.41, 5.74) is 9.48. The number of fused-ring (bicyclic) bond motifs is 1. The number of aromatic nitrogens is 2. The van der Waals surface area contributed by atoms with Gasteiger partial charge in [-0.05, 0) is 42.7 Å². The molecule has 0 saturated heterocycles. The molecule has 1 unspecified atom stereocenters. The molecule has 3 aromatic rings. The van der Waals surface area contributed by atoms with Gasteiger partial charge in [-0.3, -0.25) is 0 Å². The molecule has 0 fully saturated rings. The first-order chi connectivity index (χ1) is 11.7. The predicted molar refractivity (Wildman–Crippen MR) is 98.4 cm³/mol. The number of benzene rings is 2. The molecule has 1 atom stereocenters. The van der Waals surface area contributed by atoms with Crippen LogP contribution >= 0.6 is 0 Å². The van der Waals surface area contributed by atoms with Crippen LogP contribution in [0.1, 0.15) is 30.7 Å². The number of aryl methyl sites for hydroxylation is 1. The molecule has 1 aromatic heterocycles. The molecule has 0 radical (unpaired) electrons. The lowest BCUT2D eigenvalue weighted by atomic mass is 9.98. The normalized spacial score (nSPS) is 12.5. The SMILES string of the molecule is CCCOc1ccc(CC(CN)c2nc3ccccc3n2C)cc1. The number of hydrogen-bond donors (Lipinski definition) is 1. The lowest BCUT2D eigenvalue weighted by Gasteiger charge is -2.15. The van der Waals surface area contributed by atoms with Gasteiger partial charge in [-0.25, -0.2) is 4.98 Å². The third-order valence-electron chi connectivity index (χ3n) is 4.35. The van der Waals surface area contributed by atoms with Crippen molar-refractivity contribution in [3.63, 3.8) is 0 Å². The van der Waals surface area contributed by atoms with Crippen molar-refractivity contribution in [1.82, 2.24) is 9.55 Å². The second kappa shape index (κ2) is 7.49. The summed E-state index contributed by atoms with van der Waals surface area (Å²) in [4.78, 5) is 4.80. The van der Waals surface area contributed by atoms with Crippen molar-refractivity contribution < 1.29 is 4.74 Å². The van der Waals surface area contributed by atoms with E-state index in [1.54, 1.807) is 0 Å². The van der Waals surface area contributed by atoms with E-state index in [2.05, 4.69) is 36.7 Å². The zero-order valence-corrected chi connectivity index (χ0v) is 14.4. The maximum atomic E-state index is 6.06. The van der Waals surface area contributed by atoms with Gasteiger partial charge in [-0.2, -0.15) is 0 Å². The van der Waals surface area contributed by atoms with E-state index >= 15 is 0 Å². The summed E-state index contributed by atoms with van der Waals surface area (Å²) in [7, 11) is 2.06. The fraction of sp³-hybridized carbons (Fsp3) is 0.350. The van der Waals surface area contributed by atoms with Crippen LogP contribution in [-0.2, 0) is 13.5 Å². The maximum Gasteiger partial charge on any atom is 0.119 e. The van der Waals surface area contributed by atoms with Crippen LogP contribution in [0.15, 0.2) is 48.5 Å². The average Bonchev–Trinajstić information content (AvgIpc) is 2.96. The molecule has 1 heterocycles. The summed E-state index contributed by atoms with van der Waals surface area (Å²) in [6, 6.07) is 16.5. The average molecular weight is 323 g/mol. The summed E-state index contributed by atoms with van der Waals surface area (Å²) in [6.45, 7) is 3.44. The third-order valence-corrected chi connectivity index (χ3v) is 4.35. The largest absolute Gasteiger partial charge is 0.494 e. The Morgan fingerprint density at radius 1 is 1.12 bits per heavy atom. The van der Waals surface area contributed by atoms with Crippen LogP contribution < -0.4 is 10.5 Å². The van der Waals surface area contributed by atoms with Crippen molar-refractivity contribution in [3.8, 4) is 5.75 Å². The summed E-state index contributed by atoms with van der Waals surface area (Å²) in [5.74, 6) is 2.17. The highest BCUT2D eigenvalue weighted by atomic mass is 16.5. The number of hydrogen-bond acceptors (Lipinski definition) is 3. The lowest BCUT2D eigenvalue weighted by molar-refractivity contribution is 0.317. The number of nitrogens with two attached hydrogens (primary N) is 1. The minimum absolute atomic E-state index is 0.199. The molecule has 4 heteroatoms. The predicted octanol–water partition coefficient (Wildman–Crippen LogP) is 3.65. The molecule has 126 valence electrons. The van der Waals surface area contributed by atoms with Crippen LogP contribution in [0.3, 0.4) is 0 Å². The zero-order chi connectivity index (χ0) is 16.9. The molecule has 0 spiro atoms. The molecular formula is C20H25N3O. The first-order valence-corrected chi connectivity index (χ1v) is 8.56. The van der Waals surface area contributed by atoms with Crippen LogP contribution in [0.2, 0.25) is 0 Å². The Hall–Kier alpha value is -2.33. The van der Waals surface area contributed by atoms with Crippen molar-refractivity contribution in [3.05, 3.63) is 59.9 Å². The Morgan fingerprint density at radius 2 is 1.88 bits per heavy atom. The molecule has 0 aliphatic carbocycles. The highest BCUT2D eigenvalue weighted by Crippen LogP contribution is 2.24. The van der Waals surface area contributed by atoms with Crippen molar-refractivity contribution in [2.75, 3.05) is 13.2 Å². The summed E-state index contributed by atoms with van der Waals surface area (Å²) in [6.07, 6.45) is 1.89. The van der Waals surface area contributed by atoms with Gasteiger partial charge >= 0.3 is 0 Å².